The summed E-state index contributed by atoms with van der Waals surface area (Å²) >= 11 is 0. The SMILES string of the molecule is CCOC(=O)CCCC(C)(C)c1c(O)ccc(O)c1C(C)(C)CCCC(=O)OCC. The standard InChI is InChI=1S/C24H38O6/c1-7-29-19(27)11-9-15-23(3,4)21-17(25)13-14-18(26)22(21)24(5,6)16-10-12-20(28)30-8-2/h13-14,25-26H,7-12,15-16H2,1-6H3. The average Bonchev–Trinajstić information content (AvgIpc) is 2.63. The summed E-state index contributed by atoms with van der Waals surface area (Å²) in [4.78, 5) is 23.4. The molecule has 0 saturated carbocycles. The van der Waals surface area contributed by atoms with Gasteiger partial charge in [-0.25, -0.2) is 0 Å². The summed E-state index contributed by atoms with van der Waals surface area (Å²) in [5, 5.41) is 21.4. The number of rotatable bonds is 12. The highest BCUT2D eigenvalue weighted by Crippen LogP contribution is 2.47. The lowest BCUT2D eigenvalue weighted by Crippen LogP contribution is -2.27. The maximum Gasteiger partial charge on any atom is 0.305 e. The molecule has 0 heterocycles. The smallest absolute Gasteiger partial charge is 0.305 e. The molecule has 1 aromatic rings. The number of phenolic OH excluding ortho intramolecular Hbond substituents is 2. The molecule has 6 nitrogen and oxygen atoms in total. The van der Waals surface area contributed by atoms with Crippen LogP contribution in [0.5, 0.6) is 11.5 Å². The van der Waals surface area contributed by atoms with E-state index in [0.29, 0.717) is 62.9 Å². The van der Waals surface area contributed by atoms with Gasteiger partial charge < -0.3 is 19.7 Å². The molecule has 0 aliphatic heterocycles. The lowest BCUT2D eigenvalue weighted by molar-refractivity contribution is -0.144. The summed E-state index contributed by atoms with van der Waals surface area (Å²) in [7, 11) is 0. The zero-order valence-corrected chi connectivity index (χ0v) is 19.3. The predicted molar refractivity (Wildman–Crippen MR) is 117 cm³/mol. The first kappa shape index (κ1) is 25.8. The first-order chi connectivity index (χ1) is 14.0. The lowest BCUT2D eigenvalue weighted by Gasteiger charge is -2.35. The maximum absolute atomic E-state index is 11.7. The fourth-order valence-electron chi connectivity index (χ4n) is 4.02. The van der Waals surface area contributed by atoms with Gasteiger partial charge in [-0.2, -0.15) is 0 Å². The number of hydrogen-bond acceptors (Lipinski definition) is 6. The molecule has 1 rings (SSSR count). The van der Waals surface area contributed by atoms with Crippen LogP contribution in [0, 0.1) is 0 Å². The Bertz CT molecular complexity index is 660. The Balaban J connectivity index is 3.08. The molecule has 170 valence electrons. The second kappa shape index (κ2) is 11.2. The highest BCUT2D eigenvalue weighted by atomic mass is 16.5. The Labute approximate surface area is 180 Å². The molecule has 0 atom stereocenters. The van der Waals surface area contributed by atoms with E-state index in [-0.39, 0.29) is 23.4 Å². The fourth-order valence-corrected chi connectivity index (χ4v) is 4.02. The number of esters is 2. The molecule has 6 heteroatoms. The molecular weight excluding hydrogens is 384 g/mol. The Morgan fingerprint density at radius 3 is 1.40 bits per heavy atom. The minimum Gasteiger partial charge on any atom is -0.508 e. The second-order valence-corrected chi connectivity index (χ2v) is 8.94. The van der Waals surface area contributed by atoms with Crippen LogP contribution in [-0.4, -0.2) is 35.4 Å². The van der Waals surface area contributed by atoms with Crippen molar-refractivity contribution in [1.29, 1.82) is 0 Å². The van der Waals surface area contributed by atoms with Crippen molar-refractivity contribution in [3.8, 4) is 11.5 Å². The van der Waals surface area contributed by atoms with E-state index in [4.69, 9.17) is 9.47 Å². The monoisotopic (exact) mass is 422 g/mol. The van der Waals surface area contributed by atoms with Gasteiger partial charge in [-0.05, 0) is 62.5 Å². The van der Waals surface area contributed by atoms with E-state index in [1.165, 1.54) is 12.1 Å². The third-order valence-electron chi connectivity index (χ3n) is 5.49. The molecule has 0 bridgehead atoms. The Morgan fingerprint density at radius 1 is 0.767 bits per heavy atom. The topological polar surface area (TPSA) is 93.1 Å². The van der Waals surface area contributed by atoms with Crippen molar-refractivity contribution in [1.82, 2.24) is 0 Å². The van der Waals surface area contributed by atoms with Crippen molar-refractivity contribution in [2.45, 2.75) is 90.9 Å². The maximum atomic E-state index is 11.7. The molecule has 0 amide bonds. The van der Waals surface area contributed by atoms with E-state index in [1.807, 2.05) is 27.7 Å². The first-order valence-corrected chi connectivity index (χ1v) is 10.8. The molecule has 0 aromatic heterocycles. The predicted octanol–water partition coefficient (Wildman–Crippen LogP) is 5.12. The van der Waals surface area contributed by atoms with Crippen molar-refractivity contribution in [3.63, 3.8) is 0 Å². The van der Waals surface area contributed by atoms with Crippen molar-refractivity contribution >= 4 is 11.9 Å². The number of carbonyl (C=O) groups excluding carboxylic acids is 2. The van der Waals surface area contributed by atoms with Gasteiger partial charge in [-0.1, -0.05) is 27.7 Å². The highest BCUT2D eigenvalue weighted by molar-refractivity contribution is 5.69. The van der Waals surface area contributed by atoms with Crippen LogP contribution in [0.3, 0.4) is 0 Å². The van der Waals surface area contributed by atoms with Gasteiger partial charge in [0.25, 0.3) is 0 Å². The molecule has 0 fully saturated rings. The number of carbonyl (C=O) groups is 2. The molecule has 0 aliphatic carbocycles. The number of phenols is 2. The van der Waals surface area contributed by atoms with E-state index in [0.717, 1.165) is 0 Å². The van der Waals surface area contributed by atoms with Crippen LogP contribution >= 0.6 is 0 Å². The number of ether oxygens (including phenoxy) is 2. The van der Waals surface area contributed by atoms with Gasteiger partial charge in [0.2, 0.25) is 0 Å². The lowest BCUT2D eigenvalue weighted by atomic mass is 9.69. The molecular formula is C24H38O6. The minimum absolute atomic E-state index is 0.127. The molecule has 0 saturated heterocycles. The normalized spacial score (nSPS) is 11.9. The van der Waals surface area contributed by atoms with Crippen LogP contribution in [0.25, 0.3) is 0 Å². The van der Waals surface area contributed by atoms with Crippen molar-refractivity contribution in [3.05, 3.63) is 23.3 Å². The number of aromatic hydroxyl groups is 2. The van der Waals surface area contributed by atoms with Crippen LogP contribution in [0.15, 0.2) is 12.1 Å². The highest BCUT2D eigenvalue weighted by Gasteiger charge is 2.35. The summed E-state index contributed by atoms with van der Waals surface area (Å²) in [6.07, 6.45) is 3.15. The molecule has 0 radical (unpaired) electrons. The van der Waals surface area contributed by atoms with Gasteiger partial charge in [0.1, 0.15) is 11.5 Å². The fraction of sp³-hybridized carbons (Fsp3) is 0.667. The number of benzene rings is 1. The molecule has 0 aliphatic rings. The summed E-state index contributed by atoms with van der Waals surface area (Å²) in [6.45, 7) is 12.3. The van der Waals surface area contributed by atoms with Gasteiger partial charge in [0, 0.05) is 24.0 Å². The average molecular weight is 423 g/mol. The van der Waals surface area contributed by atoms with E-state index >= 15 is 0 Å². The third kappa shape index (κ3) is 7.22. The summed E-state index contributed by atoms with van der Waals surface area (Å²) < 4.78 is 10.00. The zero-order chi connectivity index (χ0) is 22.9. The molecule has 2 N–H and O–H groups in total. The van der Waals surface area contributed by atoms with Crippen LogP contribution in [0.2, 0.25) is 0 Å². The molecule has 1 aromatic carbocycles. The van der Waals surface area contributed by atoms with Gasteiger partial charge in [0.05, 0.1) is 13.2 Å². The largest absolute Gasteiger partial charge is 0.508 e. The minimum atomic E-state index is -0.469. The summed E-state index contributed by atoms with van der Waals surface area (Å²) in [5.41, 5.74) is 0.437. The molecule has 0 unspecified atom stereocenters. The van der Waals surface area contributed by atoms with Crippen LogP contribution in [0.4, 0.5) is 0 Å². The van der Waals surface area contributed by atoms with Crippen LogP contribution < -0.4 is 0 Å². The number of hydrogen-bond donors (Lipinski definition) is 2. The van der Waals surface area contributed by atoms with E-state index in [9.17, 15) is 19.8 Å². The Hall–Kier alpha value is -2.24. The van der Waals surface area contributed by atoms with Crippen LogP contribution in [0.1, 0.15) is 91.2 Å². The van der Waals surface area contributed by atoms with Gasteiger partial charge in [-0.3, -0.25) is 9.59 Å². The van der Waals surface area contributed by atoms with Crippen molar-refractivity contribution in [2.24, 2.45) is 0 Å². The van der Waals surface area contributed by atoms with Gasteiger partial charge in [-0.15, -0.1) is 0 Å². The van der Waals surface area contributed by atoms with Gasteiger partial charge in [0.15, 0.2) is 0 Å². The Kier molecular flexibility index (Phi) is 9.66. The first-order valence-electron chi connectivity index (χ1n) is 10.8. The second-order valence-electron chi connectivity index (χ2n) is 8.94. The van der Waals surface area contributed by atoms with E-state index < -0.39 is 10.8 Å². The molecule has 0 spiro atoms. The third-order valence-corrected chi connectivity index (χ3v) is 5.49. The van der Waals surface area contributed by atoms with Crippen molar-refractivity contribution in [2.75, 3.05) is 13.2 Å². The van der Waals surface area contributed by atoms with Crippen LogP contribution in [-0.2, 0) is 29.9 Å². The van der Waals surface area contributed by atoms with E-state index in [1.54, 1.807) is 13.8 Å². The van der Waals surface area contributed by atoms with Crippen molar-refractivity contribution < 1.29 is 29.3 Å². The quantitative estimate of drug-likeness (QED) is 0.359. The summed E-state index contributed by atoms with van der Waals surface area (Å²) in [6, 6.07) is 3.02. The molecule has 30 heavy (non-hydrogen) atoms. The zero-order valence-electron chi connectivity index (χ0n) is 19.3. The van der Waals surface area contributed by atoms with E-state index in [2.05, 4.69) is 0 Å². The van der Waals surface area contributed by atoms with Gasteiger partial charge >= 0.3 is 11.9 Å². The Morgan fingerprint density at radius 2 is 1.10 bits per heavy atom. The summed E-state index contributed by atoms with van der Waals surface area (Å²) in [5.74, 6) is -0.203.